The Kier molecular flexibility index (Phi) is 5.11. The minimum Gasteiger partial charge on any atom is -0.464 e. The molecule has 0 aromatic carbocycles. The highest BCUT2D eigenvalue weighted by Gasteiger charge is 2.26. The van der Waals surface area contributed by atoms with Crippen LogP contribution >= 0.6 is 22.9 Å². The molecule has 2 aromatic rings. The number of halogens is 1. The van der Waals surface area contributed by atoms with Crippen LogP contribution in [0.1, 0.15) is 16.4 Å². The largest absolute Gasteiger partial charge is 0.464 e. The lowest BCUT2D eigenvalue weighted by Crippen LogP contribution is -2.26. The van der Waals surface area contributed by atoms with Crippen LogP contribution in [0.15, 0.2) is 27.5 Å². The normalized spacial score (nSPS) is 12.2. The summed E-state index contributed by atoms with van der Waals surface area (Å²) in [7, 11) is -0.255. The fourth-order valence-electron chi connectivity index (χ4n) is 1.95. The molecule has 0 saturated carbocycles. The van der Waals surface area contributed by atoms with Crippen LogP contribution in [-0.2, 0) is 23.1 Å². The first kappa shape index (κ1) is 16.5. The Balaban J connectivity index is 2.24. The summed E-state index contributed by atoms with van der Waals surface area (Å²) < 4.78 is 32.6. The van der Waals surface area contributed by atoms with Crippen molar-refractivity contribution in [3.8, 4) is 0 Å². The lowest BCUT2D eigenvalue weighted by molar-refractivity contribution is 0.453. The van der Waals surface area contributed by atoms with Crippen molar-refractivity contribution in [3.63, 3.8) is 0 Å². The first-order valence-electron chi connectivity index (χ1n) is 6.29. The van der Waals surface area contributed by atoms with Gasteiger partial charge in [0.2, 0.25) is 10.0 Å². The van der Waals surface area contributed by atoms with Crippen molar-refractivity contribution in [2.45, 2.75) is 24.9 Å². The summed E-state index contributed by atoms with van der Waals surface area (Å²) in [6.07, 6.45) is 0. The molecule has 2 heterocycles. The number of rotatable bonds is 6. The highest BCUT2D eigenvalue weighted by Crippen LogP contribution is 2.27. The monoisotopic (exact) mass is 348 g/mol. The van der Waals surface area contributed by atoms with Gasteiger partial charge in [-0.2, -0.15) is 4.31 Å². The number of sulfonamides is 1. The van der Waals surface area contributed by atoms with E-state index in [4.69, 9.17) is 16.0 Å². The summed E-state index contributed by atoms with van der Waals surface area (Å²) in [5.74, 6) is 0.998. The highest BCUT2D eigenvalue weighted by atomic mass is 35.5. The van der Waals surface area contributed by atoms with Crippen molar-refractivity contribution < 1.29 is 12.8 Å². The molecule has 2 rings (SSSR count). The predicted octanol–water partition coefficient (Wildman–Crippen LogP) is 2.84. The van der Waals surface area contributed by atoms with Gasteiger partial charge in [0.15, 0.2) is 0 Å². The van der Waals surface area contributed by atoms with Gasteiger partial charge in [0.25, 0.3) is 0 Å². The van der Waals surface area contributed by atoms with Crippen LogP contribution in [0.4, 0.5) is 0 Å². The molecule has 116 valence electrons. The molecule has 0 radical (unpaired) electrons. The van der Waals surface area contributed by atoms with Crippen LogP contribution in [0.5, 0.6) is 0 Å². The van der Waals surface area contributed by atoms with Crippen molar-refractivity contribution >= 4 is 33.0 Å². The van der Waals surface area contributed by atoms with E-state index in [-0.39, 0.29) is 11.4 Å². The zero-order valence-corrected chi connectivity index (χ0v) is 14.4. The molecule has 0 bridgehead atoms. The van der Waals surface area contributed by atoms with Gasteiger partial charge in [0, 0.05) is 24.5 Å². The van der Waals surface area contributed by atoms with Crippen LogP contribution in [0, 0.1) is 6.92 Å². The fourth-order valence-corrected chi connectivity index (χ4v) is 4.50. The molecular weight excluding hydrogens is 332 g/mol. The molecule has 8 heteroatoms. The van der Waals surface area contributed by atoms with Gasteiger partial charge in [-0.3, -0.25) is 0 Å². The maximum Gasteiger partial charge on any atom is 0.246 e. The molecule has 2 aromatic heterocycles. The van der Waals surface area contributed by atoms with E-state index in [1.807, 2.05) is 6.07 Å². The molecule has 0 aliphatic rings. The SMILES string of the molecule is CNCc1cc(S(=O)(=O)N(C)Cc2ccc(Cl)s2)c(C)o1. The van der Waals surface area contributed by atoms with E-state index in [1.54, 1.807) is 33.2 Å². The number of nitrogens with one attached hydrogen (secondary N) is 1. The highest BCUT2D eigenvalue weighted by molar-refractivity contribution is 7.89. The topological polar surface area (TPSA) is 62.6 Å². The summed E-state index contributed by atoms with van der Waals surface area (Å²) in [6, 6.07) is 5.16. The maximum atomic E-state index is 12.6. The lowest BCUT2D eigenvalue weighted by Gasteiger charge is -2.15. The van der Waals surface area contributed by atoms with Crippen LogP contribution < -0.4 is 5.32 Å². The van der Waals surface area contributed by atoms with Gasteiger partial charge in [0.1, 0.15) is 16.4 Å². The molecule has 0 fully saturated rings. The average Bonchev–Trinajstić information content (AvgIpc) is 2.96. The first-order valence-corrected chi connectivity index (χ1v) is 8.92. The van der Waals surface area contributed by atoms with E-state index in [2.05, 4.69) is 5.32 Å². The zero-order chi connectivity index (χ0) is 15.6. The van der Waals surface area contributed by atoms with Gasteiger partial charge in [-0.25, -0.2) is 8.42 Å². The molecule has 0 saturated heterocycles. The third-order valence-corrected chi connectivity index (χ3v) is 6.10. The maximum absolute atomic E-state index is 12.6. The van der Waals surface area contributed by atoms with E-state index in [9.17, 15) is 8.42 Å². The molecule has 5 nitrogen and oxygen atoms in total. The van der Waals surface area contributed by atoms with E-state index < -0.39 is 10.0 Å². The Hall–Kier alpha value is -0.860. The van der Waals surface area contributed by atoms with Crippen molar-refractivity contribution in [2.75, 3.05) is 14.1 Å². The molecule has 1 N–H and O–H groups in total. The van der Waals surface area contributed by atoms with Crippen molar-refractivity contribution in [1.29, 1.82) is 0 Å². The van der Waals surface area contributed by atoms with E-state index in [1.165, 1.54) is 15.6 Å². The van der Waals surface area contributed by atoms with E-state index >= 15 is 0 Å². The van der Waals surface area contributed by atoms with Gasteiger partial charge in [0.05, 0.1) is 10.9 Å². The van der Waals surface area contributed by atoms with Gasteiger partial charge in [-0.15, -0.1) is 11.3 Å². The van der Waals surface area contributed by atoms with Crippen LogP contribution in [0.25, 0.3) is 0 Å². The zero-order valence-electron chi connectivity index (χ0n) is 12.0. The minimum atomic E-state index is -3.58. The smallest absolute Gasteiger partial charge is 0.246 e. The molecule has 21 heavy (non-hydrogen) atoms. The van der Waals surface area contributed by atoms with Crippen molar-refractivity contribution in [2.24, 2.45) is 0 Å². The predicted molar refractivity (Wildman–Crippen MR) is 84.2 cm³/mol. The van der Waals surface area contributed by atoms with Crippen LogP contribution in [-0.4, -0.2) is 26.8 Å². The summed E-state index contributed by atoms with van der Waals surface area (Å²) in [4.78, 5) is 1.10. The second kappa shape index (κ2) is 6.50. The number of thiophene rings is 1. The Morgan fingerprint density at radius 1 is 1.43 bits per heavy atom. The van der Waals surface area contributed by atoms with Crippen molar-refractivity contribution in [1.82, 2.24) is 9.62 Å². The van der Waals surface area contributed by atoms with Crippen LogP contribution in [0.3, 0.4) is 0 Å². The summed E-state index contributed by atoms with van der Waals surface area (Å²) >= 11 is 7.24. The molecule has 0 aliphatic carbocycles. The quantitative estimate of drug-likeness (QED) is 0.872. The van der Waals surface area contributed by atoms with Gasteiger partial charge in [-0.1, -0.05) is 11.6 Å². The van der Waals surface area contributed by atoms with Crippen molar-refractivity contribution in [3.05, 3.63) is 38.9 Å². The molecule has 0 unspecified atom stereocenters. The third-order valence-electron chi connectivity index (χ3n) is 2.97. The number of aryl methyl sites for hydroxylation is 1. The number of hydrogen-bond acceptors (Lipinski definition) is 5. The Labute approximate surface area is 133 Å². The van der Waals surface area contributed by atoms with Gasteiger partial charge < -0.3 is 9.73 Å². The molecule has 0 atom stereocenters. The first-order chi connectivity index (χ1) is 9.84. The fraction of sp³-hybridized carbons (Fsp3) is 0.385. The second-order valence-corrected chi connectivity index (χ2v) is 8.44. The average molecular weight is 349 g/mol. The number of furan rings is 1. The lowest BCUT2D eigenvalue weighted by atomic mass is 10.4. The number of hydrogen-bond donors (Lipinski definition) is 1. The van der Waals surface area contributed by atoms with Gasteiger partial charge >= 0.3 is 0 Å². The van der Waals surface area contributed by atoms with Gasteiger partial charge in [-0.05, 0) is 26.1 Å². The van der Waals surface area contributed by atoms with E-state index in [0.29, 0.717) is 22.4 Å². The summed E-state index contributed by atoms with van der Waals surface area (Å²) in [5.41, 5.74) is 0. The Morgan fingerprint density at radius 2 is 2.14 bits per heavy atom. The summed E-state index contributed by atoms with van der Waals surface area (Å²) in [5, 5.41) is 2.93. The molecular formula is C13H17ClN2O3S2. The number of nitrogens with zero attached hydrogens (tertiary/aromatic N) is 1. The Bertz CT molecular complexity index is 722. The third kappa shape index (κ3) is 3.67. The van der Waals surface area contributed by atoms with Crippen LogP contribution in [0.2, 0.25) is 4.34 Å². The molecule has 0 amide bonds. The minimum absolute atomic E-state index is 0.206. The second-order valence-electron chi connectivity index (χ2n) is 4.63. The molecule has 0 spiro atoms. The standard InChI is InChI=1S/C13H17ClN2O3S2/c1-9-12(6-10(19-9)7-15-2)21(17,18)16(3)8-11-4-5-13(14)20-11/h4-6,15H,7-8H2,1-3H3. The Morgan fingerprint density at radius 3 is 2.71 bits per heavy atom. The summed E-state index contributed by atoms with van der Waals surface area (Å²) in [6.45, 7) is 2.42. The van der Waals surface area contributed by atoms with E-state index in [0.717, 1.165) is 4.88 Å². The molecule has 0 aliphatic heterocycles.